The Labute approximate surface area is 243 Å². The first-order valence-electron chi connectivity index (χ1n) is 13.5. The van der Waals surface area contributed by atoms with Crippen molar-refractivity contribution in [2.75, 3.05) is 73.4 Å². The lowest BCUT2D eigenvalue weighted by Crippen LogP contribution is -2.63. The first kappa shape index (κ1) is 27.5. The van der Waals surface area contributed by atoms with Gasteiger partial charge in [-0.1, -0.05) is 11.6 Å². The summed E-state index contributed by atoms with van der Waals surface area (Å²) in [6.07, 6.45) is 4.82. The largest absolute Gasteiger partial charge is 0.368 e. The number of nitriles is 2. The van der Waals surface area contributed by atoms with Gasteiger partial charge in [0.05, 0.1) is 40.0 Å². The molecule has 1 aliphatic carbocycles. The third-order valence-corrected chi connectivity index (χ3v) is 9.03. The van der Waals surface area contributed by atoms with Crippen LogP contribution in [-0.2, 0) is 9.84 Å². The van der Waals surface area contributed by atoms with Crippen LogP contribution in [0, 0.1) is 22.7 Å². The van der Waals surface area contributed by atoms with E-state index < -0.39 is 9.84 Å². The fourth-order valence-electron chi connectivity index (χ4n) is 5.22. The maximum absolute atomic E-state index is 11.4. The Kier molecular flexibility index (Phi) is 7.34. The molecule has 2 aliphatic heterocycles. The first-order chi connectivity index (χ1) is 19.7. The van der Waals surface area contributed by atoms with Gasteiger partial charge in [-0.15, -0.1) is 5.10 Å². The summed E-state index contributed by atoms with van der Waals surface area (Å²) in [6.45, 7) is 5.50. The van der Waals surface area contributed by atoms with E-state index in [0.29, 0.717) is 46.4 Å². The number of nitrogens with one attached hydrogen (secondary N) is 2. The average molecular weight is 596 g/mol. The molecule has 4 heterocycles. The number of sulfone groups is 1. The summed E-state index contributed by atoms with van der Waals surface area (Å²) in [5, 5.41) is 30.7. The molecule has 0 radical (unpaired) electrons. The van der Waals surface area contributed by atoms with E-state index >= 15 is 0 Å². The van der Waals surface area contributed by atoms with Crippen LogP contribution in [0.5, 0.6) is 0 Å². The Bertz CT molecular complexity index is 1660. The number of halogens is 1. The Morgan fingerprint density at radius 3 is 2.54 bits per heavy atom. The summed E-state index contributed by atoms with van der Waals surface area (Å²) < 4.78 is 24.3. The molecule has 2 saturated heterocycles. The van der Waals surface area contributed by atoms with Crippen molar-refractivity contribution >= 4 is 50.2 Å². The normalized spacial score (nSPS) is 18.6. The molecule has 3 aromatic rings. The zero-order valence-corrected chi connectivity index (χ0v) is 24.2. The van der Waals surface area contributed by atoms with Gasteiger partial charge in [0.15, 0.2) is 17.2 Å². The summed E-state index contributed by atoms with van der Waals surface area (Å²) >= 11 is 6.91. The Hall–Kier alpha value is -3.69. The lowest BCUT2D eigenvalue weighted by Gasteiger charge is -2.48. The number of anilines is 4. The lowest BCUT2D eigenvalue weighted by molar-refractivity contribution is 0.0350. The standard InChI is InChI=1S/C26H30ClN11O2S/c1-41(39,40)9-8-35-15-20(16-35)36-4-6-37(7-5-36)22-11-17(12-28)10-21(23(22)27)32-26-33-24(31-18-2-3-18)25-30-14-19(13-29)38(25)34-26/h10-11,14,18,20H,2-9,15-16H2,1H3,(H2,31,32,33,34). The predicted octanol–water partition coefficient (Wildman–Crippen LogP) is 1.69. The van der Waals surface area contributed by atoms with Crippen LogP contribution in [0.1, 0.15) is 24.1 Å². The fourth-order valence-corrected chi connectivity index (χ4v) is 6.09. The van der Waals surface area contributed by atoms with E-state index in [4.69, 9.17) is 11.6 Å². The van der Waals surface area contributed by atoms with Crippen LogP contribution in [0.3, 0.4) is 0 Å². The monoisotopic (exact) mass is 595 g/mol. The van der Waals surface area contributed by atoms with Gasteiger partial charge in [0.1, 0.15) is 15.9 Å². The van der Waals surface area contributed by atoms with E-state index in [9.17, 15) is 18.9 Å². The SMILES string of the molecule is CS(=O)(=O)CCN1CC(N2CCN(c3cc(C#N)cc(Nc4nc(NC5CC5)c5ncc(C#N)n5n4)c3Cl)CC2)C1. The number of imidazole rings is 1. The highest BCUT2D eigenvalue weighted by atomic mass is 35.5. The zero-order valence-electron chi connectivity index (χ0n) is 22.6. The minimum atomic E-state index is -2.95. The minimum absolute atomic E-state index is 0.191. The molecule has 41 heavy (non-hydrogen) atoms. The van der Waals surface area contributed by atoms with E-state index in [1.165, 1.54) is 17.0 Å². The first-order valence-corrected chi connectivity index (χ1v) is 16.0. The van der Waals surface area contributed by atoms with Crippen LogP contribution in [0.25, 0.3) is 5.65 Å². The second-order valence-corrected chi connectivity index (χ2v) is 13.5. The maximum Gasteiger partial charge on any atom is 0.247 e. The fraction of sp³-hybridized carbons (Fsp3) is 0.500. The average Bonchev–Trinajstić information content (AvgIpc) is 3.64. The maximum atomic E-state index is 11.4. The highest BCUT2D eigenvalue weighted by Gasteiger charge is 2.34. The Morgan fingerprint density at radius 1 is 1.12 bits per heavy atom. The highest BCUT2D eigenvalue weighted by Crippen LogP contribution is 2.37. The lowest BCUT2D eigenvalue weighted by atomic mass is 10.1. The van der Waals surface area contributed by atoms with Gasteiger partial charge < -0.3 is 15.5 Å². The molecule has 2 N–H and O–H groups in total. The Morgan fingerprint density at radius 2 is 1.88 bits per heavy atom. The van der Waals surface area contributed by atoms with Crippen molar-refractivity contribution < 1.29 is 8.42 Å². The van der Waals surface area contributed by atoms with Crippen LogP contribution >= 0.6 is 11.6 Å². The van der Waals surface area contributed by atoms with Crippen LogP contribution in [0.15, 0.2) is 18.3 Å². The molecular formula is C26H30ClN11O2S. The Balaban J connectivity index is 1.17. The van der Waals surface area contributed by atoms with Crippen LogP contribution < -0.4 is 15.5 Å². The molecule has 0 amide bonds. The van der Waals surface area contributed by atoms with E-state index in [0.717, 1.165) is 57.8 Å². The van der Waals surface area contributed by atoms with Crippen LogP contribution in [0.2, 0.25) is 5.02 Å². The van der Waals surface area contributed by atoms with Gasteiger partial charge in [-0.3, -0.25) is 9.80 Å². The van der Waals surface area contributed by atoms with Gasteiger partial charge in [0, 0.05) is 64.2 Å². The van der Waals surface area contributed by atoms with Gasteiger partial charge in [-0.05, 0) is 25.0 Å². The van der Waals surface area contributed by atoms with Crippen molar-refractivity contribution in [2.24, 2.45) is 0 Å². The molecule has 0 atom stereocenters. The molecule has 3 fully saturated rings. The quantitative estimate of drug-likeness (QED) is 0.369. The van der Waals surface area contributed by atoms with Gasteiger partial charge in [-0.2, -0.15) is 20.0 Å². The van der Waals surface area contributed by atoms with Crippen molar-refractivity contribution in [1.29, 1.82) is 10.5 Å². The van der Waals surface area contributed by atoms with Crippen molar-refractivity contribution in [3.8, 4) is 12.1 Å². The van der Waals surface area contributed by atoms with E-state index in [1.54, 1.807) is 12.1 Å². The summed E-state index contributed by atoms with van der Waals surface area (Å²) in [7, 11) is -2.95. The highest BCUT2D eigenvalue weighted by molar-refractivity contribution is 7.90. The molecular weight excluding hydrogens is 566 g/mol. The van der Waals surface area contributed by atoms with Crippen molar-refractivity contribution in [2.45, 2.75) is 24.9 Å². The van der Waals surface area contributed by atoms with Gasteiger partial charge in [-0.25, -0.2) is 13.4 Å². The number of benzene rings is 1. The van der Waals surface area contributed by atoms with E-state index in [2.05, 4.69) is 52.5 Å². The topological polar surface area (TPSA) is 159 Å². The number of nitrogens with zero attached hydrogens (tertiary/aromatic N) is 9. The molecule has 2 aromatic heterocycles. The van der Waals surface area contributed by atoms with E-state index in [-0.39, 0.29) is 17.4 Å². The van der Waals surface area contributed by atoms with E-state index in [1.807, 2.05) is 0 Å². The van der Waals surface area contributed by atoms with Crippen LogP contribution in [-0.4, -0.2) is 108 Å². The third kappa shape index (κ3) is 6.01. The molecule has 0 spiro atoms. The van der Waals surface area contributed by atoms with Gasteiger partial charge >= 0.3 is 0 Å². The molecule has 6 rings (SSSR count). The molecule has 15 heteroatoms. The van der Waals surface area contributed by atoms with Crippen molar-refractivity contribution in [1.82, 2.24) is 29.4 Å². The second kappa shape index (κ2) is 10.9. The number of fused-ring (bicyclic) bond motifs is 1. The molecule has 214 valence electrons. The number of aromatic nitrogens is 4. The predicted molar refractivity (Wildman–Crippen MR) is 155 cm³/mol. The number of rotatable bonds is 9. The third-order valence-electron chi connectivity index (χ3n) is 7.71. The molecule has 3 aliphatic rings. The van der Waals surface area contributed by atoms with Gasteiger partial charge in [0.25, 0.3) is 0 Å². The number of likely N-dealkylation sites (tertiary alicyclic amines) is 1. The minimum Gasteiger partial charge on any atom is -0.368 e. The van der Waals surface area contributed by atoms with Gasteiger partial charge in [0.2, 0.25) is 5.95 Å². The zero-order chi connectivity index (χ0) is 28.7. The van der Waals surface area contributed by atoms with Crippen LogP contribution in [0.4, 0.5) is 23.1 Å². The number of hydrogen-bond acceptors (Lipinski definition) is 12. The number of hydrogen-bond donors (Lipinski definition) is 2. The molecule has 13 nitrogen and oxygen atoms in total. The second-order valence-electron chi connectivity index (χ2n) is 10.9. The van der Waals surface area contributed by atoms with Crippen molar-refractivity contribution in [3.05, 3.63) is 34.6 Å². The molecule has 1 saturated carbocycles. The molecule has 0 bridgehead atoms. The summed E-state index contributed by atoms with van der Waals surface area (Å²) in [4.78, 5) is 15.7. The van der Waals surface area contributed by atoms with Crippen molar-refractivity contribution in [3.63, 3.8) is 0 Å². The number of piperazine rings is 1. The summed E-state index contributed by atoms with van der Waals surface area (Å²) in [5.74, 6) is 0.950. The smallest absolute Gasteiger partial charge is 0.247 e. The molecule has 0 unspecified atom stereocenters. The summed E-state index contributed by atoms with van der Waals surface area (Å²) in [5.41, 5.74) is 2.46. The summed E-state index contributed by atoms with van der Waals surface area (Å²) in [6, 6.07) is 8.53. The molecule has 1 aromatic carbocycles.